The van der Waals surface area contributed by atoms with Gasteiger partial charge in [0.15, 0.2) is 0 Å². The normalized spacial score (nSPS) is 19.0. The van der Waals surface area contributed by atoms with Crippen LogP contribution in [0.5, 0.6) is 0 Å². The van der Waals surface area contributed by atoms with Crippen molar-refractivity contribution >= 4 is 0 Å². The lowest BCUT2D eigenvalue weighted by atomic mass is 10.1. The average Bonchev–Trinajstić information content (AvgIpc) is 2.30. The Labute approximate surface area is 113 Å². The van der Waals surface area contributed by atoms with Crippen molar-refractivity contribution in [3.8, 4) is 0 Å². The summed E-state index contributed by atoms with van der Waals surface area (Å²) < 4.78 is 11.4. The molecule has 3 nitrogen and oxygen atoms in total. The lowest BCUT2D eigenvalue weighted by Gasteiger charge is -2.32. The van der Waals surface area contributed by atoms with Crippen molar-refractivity contribution in [2.75, 3.05) is 26.2 Å². The second-order valence-electron chi connectivity index (χ2n) is 5.85. The predicted octanol–water partition coefficient (Wildman–Crippen LogP) is 3.08. The molecule has 1 aliphatic heterocycles. The summed E-state index contributed by atoms with van der Waals surface area (Å²) in [6.45, 7) is 13.0. The van der Waals surface area contributed by atoms with Crippen LogP contribution in [0.4, 0.5) is 0 Å². The Bertz CT molecular complexity index is 199. The fourth-order valence-electron chi connectivity index (χ4n) is 2.41. The van der Waals surface area contributed by atoms with Gasteiger partial charge in [0.25, 0.3) is 0 Å². The summed E-state index contributed by atoms with van der Waals surface area (Å²) >= 11 is 0. The van der Waals surface area contributed by atoms with Crippen molar-refractivity contribution in [1.82, 2.24) is 4.90 Å². The van der Waals surface area contributed by atoms with E-state index in [2.05, 4.69) is 32.6 Å². The van der Waals surface area contributed by atoms with Gasteiger partial charge in [0.2, 0.25) is 0 Å². The molecule has 1 aliphatic rings. The standard InChI is InChI=1S/C15H31NO2/c1-13(2)17-12-6-5-9-16-10-7-15(8-11-16)18-14(3)4/h13-15H,5-12H2,1-4H3. The van der Waals surface area contributed by atoms with Crippen LogP contribution in [-0.2, 0) is 9.47 Å². The van der Waals surface area contributed by atoms with Gasteiger partial charge in [0, 0.05) is 19.7 Å². The van der Waals surface area contributed by atoms with Gasteiger partial charge in [0.1, 0.15) is 0 Å². The maximum Gasteiger partial charge on any atom is 0.0603 e. The Kier molecular flexibility index (Phi) is 7.87. The Balaban J connectivity index is 1.98. The van der Waals surface area contributed by atoms with Gasteiger partial charge in [-0.15, -0.1) is 0 Å². The van der Waals surface area contributed by atoms with Crippen molar-refractivity contribution in [1.29, 1.82) is 0 Å². The van der Waals surface area contributed by atoms with Crippen LogP contribution < -0.4 is 0 Å². The maximum absolute atomic E-state index is 5.86. The molecule has 0 saturated carbocycles. The molecule has 0 spiro atoms. The molecule has 108 valence electrons. The van der Waals surface area contributed by atoms with Crippen molar-refractivity contribution in [2.24, 2.45) is 0 Å². The van der Waals surface area contributed by atoms with Gasteiger partial charge in [0.05, 0.1) is 18.3 Å². The number of likely N-dealkylation sites (tertiary alicyclic amines) is 1. The van der Waals surface area contributed by atoms with E-state index in [1.54, 1.807) is 0 Å². The first-order valence-electron chi connectivity index (χ1n) is 7.57. The van der Waals surface area contributed by atoms with E-state index < -0.39 is 0 Å². The first kappa shape index (κ1) is 15.9. The molecule has 0 bridgehead atoms. The summed E-state index contributed by atoms with van der Waals surface area (Å²) in [5.74, 6) is 0. The van der Waals surface area contributed by atoms with Gasteiger partial charge in [-0.25, -0.2) is 0 Å². The molecule has 18 heavy (non-hydrogen) atoms. The molecule has 1 fully saturated rings. The third-order valence-corrected chi connectivity index (χ3v) is 3.32. The molecule has 0 aromatic heterocycles. The van der Waals surface area contributed by atoms with E-state index in [0.717, 1.165) is 6.61 Å². The number of hydrogen-bond acceptors (Lipinski definition) is 3. The minimum Gasteiger partial charge on any atom is -0.379 e. The molecule has 1 rings (SSSR count). The van der Waals surface area contributed by atoms with E-state index in [0.29, 0.717) is 18.3 Å². The second-order valence-corrected chi connectivity index (χ2v) is 5.85. The molecule has 0 unspecified atom stereocenters. The fraction of sp³-hybridized carbons (Fsp3) is 1.00. The van der Waals surface area contributed by atoms with E-state index in [4.69, 9.17) is 9.47 Å². The van der Waals surface area contributed by atoms with Crippen LogP contribution in [0.3, 0.4) is 0 Å². The minimum absolute atomic E-state index is 0.369. The van der Waals surface area contributed by atoms with Crippen LogP contribution in [0, 0.1) is 0 Å². The highest BCUT2D eigenvalue weighted by molar-refractivity contribution is 4.72. The van der Waals surface area contributed by atoms with Crippen molar-refractivity contribution in [3.05, 3.63) is 0 Å². The molecule has 0 radical (unpaired) electrons. The van der Waals surface area contributed by atoms with E-state index in [1.165, 1.54) is 45.3 Å². The Morgan fingerprint density at radius 1 is 1.00 bits per heavy atom. The number of nitrogens with zero attached hydrogens (tertiary/aromatic N) is 1. The highest BCUT2D eigenvalue weighted by Gasteiger charge is 2.19. The number of ether oxygens (including phenoxy) is 2. The van der Waals surface area contributed by atoms with Gasteiger partial charge in [-0.1, -0.05) is 0 Å². The Hall–Kier alpha value is -0.120. The van der Waals surface area contributed by atoms with E-state index in [9.17, 15) is 0 Å². The third-order valence-electron chi connectivity index (χ3n) is 3.32. The summed E-state index contributed by atoms with van der Waals surface area (Å²) in [7, 11) is 0. The Morgan fingerprint density at radius 2 is 1.67 bits per heavy atom. The quantitative estimate of drug-likeness (QED) is 0.624. The number of piperidine rings is 1. The number of hydrogen-bond donors (Lipinski definition) is 0. The van der Waals surface area contributed by atoms with Crippen LogP contribution in [-0.4, -0.2) is 49.5 Å². The Morgan fingerprint density at radius 3 is 2.22 bits per heavy atom. The van der Waals surface area contributed by atoms with Crippen molar-refractivity contribution < 1.29 is 9.47 Å². The minimum atomic E-state index is 0.369. The van der Waals surface area contributed by atoms with Gasteiger partial charge < -0.3 is 14.4 Å². The summed E-state index contributed by atoms with van der Waals surface area (Å²) in [6.07, 6.45) is 6.05. The highest BCUT2D eigenvalue weighted by Crippen LogP contribution is 2.15. The zero-order valence-corrected chi connectivity index (χ0v) is 12.7. The van der Waals surface area contributed by atoms with Crippen LogP contribution in [0.1, 0.15) is 53.4 Å². The molecule has 0 N–H and O–H groups in total. The lowest BCUT2D eigenvalue weighted by Crippen LogP contribution is -2.38. The SMILES string of the molecule is CC(C)OCCCCN1CCC(OC(C)C)CC1. The molecule has 0 aromatic rings. The zero-order chi connectivity index (χ0) is 13.4. The summed E-state index contributed by atoms with van der Waals surface area (Å²) in [4.78, 5) is 2.57. The molecule has 3 heteroatoms. The van der Waals surface area contributed by atoms with Gasteiger partial charge in [-0.3, -0.25) is 0 Å². The molecule has 0 amide bonds. The number of rotatable bonds is 8. The summed E-state index contributed by atoms with van der Waals surface area (Å²) in [6, 6.07) is 0. The van der Waals surface area contributed by atoms with Gasteiger partial charge in [-0.05, 0) is 59.9 Å². The zero-order valence-electron chi connectivity index (χ0n) is 12.7. The van der Waals surface area contributed by atoms with Gasteiger partial charge in [-0.2, -0.15) is 0 Å². The predicted molar refractivity (Wildman–Crippen MR) is 76.0 cm³/mol. The maximum atomic E-state index is 5.86. The fourth-order valence-corrected chi connectivity index (χ4v) is 2.41. The molecule has 0 aromatic carbocycles. The monoisotopic (exact) mass is 257 g/mol. The first-order valence-corrected chi connectivity index (χ1v) is 7.57. The lowest BCUT2D eigenvalue weighted by molar-refractivity contribution is -0.0272. The topological polar surface area (TPSA) is 21.7 Å². The van der Waals surface area contributed by atoms with Gasteiger partial charge >= 0.3 is 0 Å². The summed E-state index contributed by atoms with van der Waals surface area (Å²) in [5, 5.41) is 0. The highest BCUT2D eigenvalue weighted by atomic mass is 16.5. The third kappa shape index (κ3) is 7.34. The van der Waals surface area contributed by atoms with Crippen LogP contribution >= 0.6 is 0 Å². The molecular formula is C15H31NO2. The summed E-state index contributed by atoms with van der Waals surface area (Å²) in [5.41, 5.74) is 0. The number of unbranched alkanes of at least 4 members (excludes halogenated alkanes) is 1. The first-order chi connectivity index (χ1) is 8.58. The van der Waals surface area contributed by atoms with Crippen LogP contribution in [0.15, 0.2) is 0 Å². The van der Waals surface area contributed by atoms with E-state index in [1.807, 2.05) is 0 Å². The van der Waals surface area contributed by atoms with Crippen molar-refractivity contribution in [3.63, 3.8) is 0 Å². The second kappa shape index (κ2) is 8.89. The molecule has 1 heterocycles. The molecule has 1 saturated heterocycles. The van der Waals surface area contributed by atoms with Crippen LogP contribution in [0.2, 0.25) is 0 Å². The van der Waals surface area contributed by atoms with Crippen molar-refractivity contribution in [2.45, 2.75) is 71.7 Å². The smallest absolute Gasteiger partial charge is 0.0603 e. The van der Waals surface area contributed by atoms with E-state index >= 15 is 0 Å². The molecular weight excluding hydrogens is 226 g/mol. The van der Waals surface area contributed by atoms with E-state index in [-0.39, 0.29) is 0 Å². The average molecular weight is 257 g/mol. The largest absolute Gasteiger partial charge is 0.379 e. The molecule has 0 aliphatic carbocycles. The van der Waals surface area contributed by atoms with Crippen LogP contribution in [0.25, 0.3) is 0 Å². The molecule has 0 atom stereocenters.